The third-order valence-corrected chi connectivity index (χ3v) is 8.49. The summed E-state index contributed by atoms with van der Waals surface area (Å²) in [6.07, 6.45) is 0.670. The summed E-state index contributed by atoms with van der Waals surface area (Å²) >= 11 is 0. The molecule has 9 heteroatoms. The van der Waals surface area contributed by atoms with E-state index in [9.17, 15) is 13.2 Å². The van der Waals surface area contributed by atoms with E-state index in [0.717, 1.165) is 33.9 Å². The van der Waals surface area contributed by atoms with Gasteiger partial charge in [-0.15, -0.1) is 10.2 Å². The Labute approximate surface area is 199 Å². The minimum absolute atomic E-state index is 0.0273. The predicted octanol–water partition coefficient (Wildman–Crippen LogP) is 2.87. The van der Waals surface area contributed by atoms with Crippen LogP contribution in [0, 0.1) is 6.92 Å². The van der Waals surface area contributed by atoms with Crippen molar-refractivity contribution in [1.82, 2.24) is 14.5 Å². The van der Waals surface area contributed by atoms with E-state index in [1.165, 1.54) is 11.2 Å². The van der Waals surface area contributed by atoms with Crippen molar-refractivity contribution in [3.05, 3.63) is 65.7 Å². The first kappa shape index (κ1) is 22.5. The fraction of sp³-hybridized carbons (Fsp3) is 0.320. The lowest BCUT2D eigenvalue weighted by atomic mass is 10.1. The largest absolute Gasteiger partial charge is 0.352 e. The van der Waals surface area contributed by atoms with Gasteiger partial charge in [0.1, 0.15) is 0 Å². The molecule has 3 heterocycles. The fourth-order valence-corrected chi connectivity index (χ4v) is 6.14. The normalized spacial score (nSPS) is 16.5. The molecule has 176 valence electrons. The monoisotopic (exact) mass is 477 g/mol. The van der Waals surface area contributed by atoms with Crippen molar-refractivity contribution in [2.24, 2.45) is 0 Å². The van der Waals surface area contributed by atoms with Crippen LogP contribution in [0.1, 0.15) is 18.1 Å². The van der Waals surface area contributed by atoms with Gasteiger partial charge in [0.2, 0.25) is 15.9 Å². The van der Waals surface area contributed by atoms with Crippen LogP contribution in [0.2, 0.25) is 0 Å². The summed E-state index contributed by atoms with van der Waals surface area (Å²) in [7, 11) is -3.61. The van der Waals surface area contributed by atoms with Gasteiger partial charge in [-0.25, -0.2) is 8.42 Å². The highest BCUT2D eigenvalue weighted by Gasteiger charge is 2.31. The van der Waals surface area contributed by atoms with Crippen LogP contribution in [0.4, 0.5) is 11.5 Å². The fourth-order valence-electron chi connectivity index (χ4n) is 4.67. The number of rotatable bonds is 4. The number of sulfonamides is 1. The van der Waals surface area contributed by atoms with Crippen LogP contribution >= 0.6 is 0 Å². The van der Waals surface area contributed by atoms with Crippen LogP contribution in [0.3, 0.4) is 0 Å². The van der Waals surface area contributed by atoms with Crippen LogP contribution < -0.4 is 9.80 Å². The topological polar surface area (TPSA) is 86.7 Å². The van der Waals surface area contributed by atoms with Crippen molar-refractivity contribution in [2.75, 3.05) is 42.5 Å². The minimum Gasteiger partial charge on any atom is -0.352 e. The molecule has 0 N–H and O–H groups in total. The van der Waals surface area contributed by atoms with Crippen molar-refractivity contribution in [1.29, 1.82) is 0 Å². The molecule has 1 fully saturated rings. The molecule has 0 unspecified atom stereocenters. The lowest BCUT2D eigenvalue weighted by Crippen LogP contribution is -2.49. The minimum atomic E-state index is -3.61. The van der Waals surface area contributed by atoms with Crippen molar-refractivity contribution >= 4 is 27.4 Å². The number of hydrogen-bond donors (Lipinski definition) is 0. The molecule has 1 aromatic heterocycles. The summed E-state index contributed by atoms with van der Waals surface area (Å²) in [5.41, 5.74) is 4.73. The summed E-state index contributed by atoms with van der Waals surface area (Å²) in [4.78, 5) is 15.8. The van der Waals surface area contributed by atoms with Crippen molar-refractivity contribution in [2.45, 2.75) is 25.2 Å². The molecular formula is C25H27N5O3S. The molecule has 0 spiro atoms. The number of benzene rings is 2. The molecule has 3 aromatic rings. The molecule has 2 aromatic carbocycles. The van der Waals surface area contributed by atoms with Gasteiger partial charge in [-0.05, 0) is 54.8 Å². The number of hydrogen-bond acceptors (Lipinski definition) is 6. The van der Waals surface area contributed by atoms with Crippen LogP contribution in [0.15, 0.2) is 59.5 Å². The molecule has 0 radical (unpaired) electrons. The summed E-state index contributed by atoms with van der Waals surface area (Å²) in [5.74, 6) is 0.719. The molecule has 1 saturated heterocycles. The highest BCUT2D eigenvalue weighted by Crippen LogP contribution is 2.31. The first-order valence-corrected chi connectivity index (χ1v) is 12.8. The zero-order valence-electron chi connectivity index (χ0n) is 19.3. The molecule has 8 nitrogen and oxygen atoms in total. The van der Waals surface area contributed by atoms with Gasteiger partial charge < -0.3 is 9.80 Å². The number of anilines is 2. The van der Waals surface area contributed by atoms with Crippen molar-refractivity contribution in [3.8, 4) is 11.3 Å². The molecular weight excluding hydrogens is 450 g/mol. The number of amides is 1. The number of piperazine rings is 1. The highest BCUT2D eigenvalue weighted by atomic mass is 32.2. The summed E-state index contributed by atoms with van der Waals surface area (Å²) in [5, 5.41) is 8.80. The molecule has 34 heavy (non-hydrogen) atoms. The zero-order chi connectivity index (χ0) is 23.9. The van der Waals surface area contributed by atoms with E-state index >= 15 is 0 Å². The first-order chi connectivity index (χ1) is 16.3. The van der Waals surface area contributed by atoms with E-state index in [4.69, 9.17) is 0 Å². The molecule has 2 aliphatic heterocycles. The average molecular weight is 478 g/mol. The summed E-state index contributed by atoms with van der Waals surface area (Å²) < 4.78 is 28.1. The number of aromatic nitrogens is 2. The molecule has 0 saturated carbocycles. The van der Waals surface area contributed by atoms with Crippen LogP contribution in [-0.4, -0.2) is 61.6 Å². The van der Waals surface area contributed by atoms with Gasteiger partial charge in [0, 0.05) is 50.9 Å². The quantitative estimate of drug-likeness (QED) is 0.574. The van der Waals surface area contributed by atoms with Crippen LogP contribution in [0.25, 0.3) is 11.3 Å². The Morgan fingerprint density at radius 3 is 2.35 bits per heavy atom. The standard InChI is InChI=1S/C25H27N5O3S/c1-18-5-3-4-6-22(18)23-8-10-25(27-26-23)28-13-15-29(16-14-28)34(32,33)21-7-9-24-20(17-21)11-12-30(24)19(2)31/h3-10,17H,11-16H2,1-2H3. The van der Waals surface area contributed by atoms with E-state index in [2.05, 4.69) is 15.1 Å². The van der Waals surface area contributed by atoms with Gasteiger partial charge in [0.25, 0.3) is 0 Å². The number of nitrogens with zero attached hydrogens (tertiary/aromatic N) is 5. The van der Waals surface area contributed by atoms with Gasteiger partial charge in [-0.2, -0.15) is 4.31 Å². The highest BCUT2D eigenvalue weighted by molar-refractivity contribution is 7.89. The molecule has 0 aliphatic carbocycles. The first-order valence-electron chi connectivity index (χ1n) is 11.4. The smallest absolute Gasteiger partial charge is 0.243 e. The second kappa shape index (κ2) is 8.81. The zero-order valence-corrected chi connectivity index (χ0v) is 20.1. The van der Waals surface area contributed by atoms with Crippen LogP contribution in [-0.2, 0) is 21.2 Å². The Morgan fingerprint density at radius 1 is 0.912 bits per heavy atom. The number of carbonyl (C=O) groups is 1. The van der Waals surface area contributed by atoms with Crippen molar-refractivity contribution in [3.63, 3.8) is 0 Å². The van der Waals surface area contributed by atoms with E-state index in [1.54, 1.807) is 23.1 Å². The lowest BCUT2D eigenvalue weighted by molar-refractivity contribution is -0.116. The SMILES string of the molecule is CC(=O)N1CCc2cc(S(=O)(=O)N3CCN(c4ccc(-c5ccccc5C)nn4)CC3)ccc21. The Morgan fingerprint density at radius 2 is 1.68 bits per heavy atom. The van der Waals surface area contributed by atoms with Gasteiger partial charge >= 0.3 is 0 Å². The van der Waals surface area contributed by atoms with Crippen molar-refractivity contribution < 1.29 is 13.2 Å². The molecule has 1 amide bonds. The maximum atomic E-state index is 13.3. The number of fused-ring (bicyclic) bond motifs is 1. The van der Waals surface area contributed by atoms with Gasteiger partial charge in [-0.3, -0.25) is 4.79 Å². The maximum absolute atomic E-state index is 13.3. The molecule has 2 aliphatic rings. The van der Waals surface area contributed by atoms with E-state index in [-0.39, 0.29) is 10.8 Å². The van der Waals surface area contributed by atoms with Crippen LogP contribution in [0.5, 0.6) is 0 Å². The molecule has 0 bridgehead atoms. The lowest BCUT2D eigenvalue weighted by Gasteiger charge is -2.34. The molecule has 5 rings (SSSR count). The van der Waals surface area contributed by atoms with Gasteiger partial charge in [0.15, 0.2) is 5.82 Å². The molecule has 0 atom stereocenters. The van der Waals surface area contributed by atoms with E-state index in [0.29, 0.717) is 39.1 Å². The second-order valence-corrected chi connectivity index (χ2v) is 10.6. The van der Waals surface area contributed by atoms with Gasteiger partial charge in [-0.1, -0.05) is 24.3 Å². The maximum Gasteiger partial charge on any atom is 0.243 e. The number of aryl methyl sites for hydroxylation is 1. The third kappa shape index (κ3) is 4.05. The van der Waals surface area contributed by atoms with E-state index < -0.39 is 10.0 Å². The third-order valence-electron chi connectivity index (χ3n) is 6.60. The Hall–Kier alpha value is -3.30. The average Bonchev–Trinajstić information content (AvgIpc) is 3.28. The Balaban J connectivity index is 1.27. The Bertz CT molecular complexity index is 1330. The van der Waals surface area contributed by atoms with E-state index in [1.807, 2.05) is 43.3 Å². The predicted molar refractivity (Wildman–Crippen MR) is 131 cm³/mol. The summed E-state index contributed by atoms with van der Waals surface area (Å²) in [6, 6.07) is 17.0. The van der Waals surface area contributed by atoms with Gasteiger partial charge in [0.05, 0.1) is 10.6 Å². The Kier molecular flexibility index (Phi) is 5.83. The summed E-state index contributed by atoms with van der Waals surface area (Å²) in [6.45, 7) is 6.00. The second-order valence-electron chi connectivity index (χ2n) is 8.69. The number of carbonyl (C=O) groups excluding carboxylic acids is 1.